The van der Waals surface area contributed by atoms with E-state index in [-0.39, 0.29) is 0 Å². The highest BCUT2D eigenvalue weighted by atomic mass is 35.5. The van der Waals surface area contributed by atoms with E-state index < -0.39 is 0 Å². The first-order valence-corrected chi connectivity index (χ1v) is 6.69. The summed E-state index contributed by atoms with van der Waals surface area (Å²) in [7, 11) is 0. The molecule has 2 nitrogen and oxygen atoms in total. The number of nitrogens with zero attached hydrogens (tertiary/aromatic N) is 1. The van der Waals surface area contributed by atoms with Crippen molar-refractivity contribution in [1.82, 2.24) is 5.32 Å². The van der Waals surface area contributed by atoms with Crippen LogP contribution < -0.4 is 10.2 Å². The quantitative estimate of drug-likeness (QED) is 0.826. The van der Waals surface area contributed by atoms with E-state index in [4.69, 9.17) is 11.6 Å². The number of benzene rings is 1. The van der Waals surface area contributed by atoms with Crippen LogP contribution in [0.4, 0.5) is 5.69 Å². The number of halogens is 1. The zero-order valence-corrected chi connectivity index (χ0v) is 11.6. The van der Waals surface area contributed by atoms with Gasteiger partial charge in [-0.15, -0.1) is 0 Å². The summed E-state index contributed by atoms with van der Waals surface area (Å²) >= 11 is 6.20. The maximum atomic E-state index is 6.20. The van der Waals surface area contributed by atoms with Crippen LogP contribution in [0.25, 0.3) is 0 Å². The van der Waals surface area contributed by atoms with E-state index in [1.807, 2.05) is 12.1 Å². The van der Waals surface area contributed by atoms with Gasteiger partial charge in [0.2, 0.25) is 0 Å². The molecule has 2 unspecified atom stereocenters. The van der Waals surface area contributed by atoms with Gasteiger partial charge in [0, 0.05) is 29.8 Å². The number of rotatable bonds is 1. The predicted octanol–water partition coefficient (Wildman–Crippen LogP) is 3.08. The van der Waals surface area contributed by atoms with Crippen molar-refractivity contribution in [3.05, 3.63) is 28.8 Å². The summed E-state index contributed by atoms with van der Waals surface area (Å²) in [6.07, 6.45) is 0. The van der Waals surface area contributed by atoms with Crippen LogP contribution in [0, 0.1) is 12.8 Å². The summed E-state index contributed by atoms with van der Waals surface area (Å²) in [5.41, 5.74) is 2.47. The highest BCUT2D eigenvalue weighted by Crippen LogP contribution is 2.27. The largest absolute Gasteiger partial charge is 0.369 e. The molecule has 2 atom stereocenters. The molecule has 1 fully saturated rings. The van der Waals surface area contributed by atoms with Crippen molar-refractivity contribution < 1.29 is 0 Å². The van der Waals surface area contributed by atoms with Crippen molar-refractivity contribution in [2.24, 2.45) is 5.92 Å². The van der Waals surface area contributed by atoms with Crippen molar-refractivity contribution >= 4 is 17.3 Å². The monoisotopic (exact) mass is 252 g/mol. The molecule has 17 heavy (non-hydrogen) atoms. The Morgan fingerprint density at radius 3 is 2.82 bits per heavy atom. The number of hydrogen-bond donors (Lipinski definition) is 1. The Balaban J connectivity index is 2.27. The van der Waals surface area contributed by atoms with E-state index in [9.17, 15) is 0 Å². The Morgan fingerprint density at radius 2 is 2.06 bits per heavy atom. The summed E-state index contributed by atoms with van der Waals surface area (Å²) in [5, 5.41) is 4.41. The smallest absolute Gasteiger partial charge is 0.0455 e. The van der Waals surface area contributed by atoms with E-state index in [0.717, 1.165) is 24.7 Å². The third-order valence-corrected chi connectivity index (χ3v) is 3.83. The third kappa shape index (κ3) is 2.93. The van der Waals surface area contributed by atoms with Gasteiger partial charge in [-0.1, -0.05) is 24.6 Å². The van der Waals surface area contributed by atoms with E-state index in [1.54, 1.807) is 0 Å². The molecule has 1 aliphatic rings. The standard InChI is InChI=1S/C14H21ClN2/c1-10-7-16-11(2)9-17(8-10)14-6-4-5-13(15)12(14)3/h4-6,10-11,16H,7-9H2,1-3H3. The van der Waals surface area contributed by atoms with Gasteiger partial charge >= 0.3 is 0 Å². The Labute approximate surface area is 109 Å². The second-order valence-electron chi connectivity index (χ2n) is 5.20. The highest BCUT2D eigenvalue weighted by Gasteiger charge is 2.20. The number of nitrogens with one attached hydrogen (secondary N) is 1. The summed E-state index contributed by atoms with van der Waals surface area (Å²) in [5.74, 6) is 0.665. The van der Waals surface area contributed by atoms with E-state index in [1.165, 1.54) is 11.3 Å². The lowest BCUT2D eigenvalue weighted by molar-refractivity contribution is 0.525. The lowest BCUT2D eigenvalue weighted by Gasteiger charge is -2.28. The van der Waals surface area contributed by atoms with Crippen LogP contribution in [0.15, 0.2) is 18.2 Å². The molecule has 0 spiro atoms. The molecule has 1 saturated heterocycles. The Kier molecular flexibility index (Phi) is 3.95. The molecule has 2 rings (SSSR count). The van der Waals surface area contributed by atoms with Gasteiger partial charge in [-0.05, 0) is 44.0 Å². The SMILES string of the molecule is Cc1c(Cl)cccc1N1CC(C)CNC(C)C1. The maximum Gasteiger partial charge on any atom is 0.0455 e. The molecular weight excluding hydrogens is 232 g/mol. The molecule has 1 aliphatic heterocycles. The lowest BCUT2D eigenvalue weighted by Crippen LogP contribution is -2.35. The molecule has 0 saturated carbocycles. The van der Waals surface area contributed by atoms with E-state index in [2.05, 4.69) is 37.1 Å². The van der Waals surface area contributed by atoms with Crippen LogP contribution in [0.2, 0.25) is 5.02 Å². The van der Waals surface area contributed by atoms with Crippen LogP contribution in [-0.4, -0.2) is 25.7 Å². The zero-order valence-electron chi connectivity index (χ0n) is 10.8. The fourth-order valence-corrected chi connectivity index (χ4v) is 2.62. The summed E-state index contributed by atoms with van der Waals surface area (Å²) in [6, 6.07) is 6.70. The minimum absolute atomic E-state index is 0.526. The second kappa shape index (κ2) is 5.28. The third-order valence-electron chi connectivity index (χ3n) is 3.42. The molecule has 1 aromatic rings. The molecule has 0 aromatic heterocycles. The van der Waals surface area contributed by atoms with Crippen LogP contribution in [0.3, 0.4) is 0 Å². The van der Waals surface area contributed by atoms with Crippen molar-refractivity contribution in [1.29, 1.82) is 0 Å². The molecule has 0 aliphatic carbocycles. The zero-order chi connectivity index (χ0) is 12.4. The molecule has 0 amide bonds. The van der Waals surface area contributed by atoms with Crippen LogP contribution in [0.5, 0.6) is 0 Å². The molecule has 1 heterocycles. The van der Waals surface area contributed by atoms with Gasteiger partial charge in [-0.3, -0.25) is 0 Å². The Morgan fingerprint density at radius 1 is 1.29 bits per heavy atom. The molecule has 0 radical (unpaired) electrons. The average Bonchev–Trinajstić information content (AvgIpc) is 2.45. The average molecular weight is 253 g/mol. The van der Waals surface area contributed by atoms with Crippen molar-refractivity contribution in [2.45, 2.75) is 26.8 Å². The normalized spacial score (nSPS) is 25.8. The van der Waals surface area contributed by atoms with Gasteiger partial charge in [-0.2, -0.15) is 0 Å². The fourth-order valence-electron chi connectivity index (χ4n) is 2.45. The Bertz CT molecular complexity index is 380. The van der Waals surface area contributed by atoms with Gasteiger partial charge in [0.15, 0.2) is 0 Å². The summed E-state index contributed by atoms with van der Waals surface area (Å²) in [4.78, 5) is 2.45. The van der Waals surface area contributed by atoms with Gasteiger partial charge in [-0.25, -0.2) is 0 Å². The topological polar surface area (TPSA) is 15.3 Å². The lowest BCUT2D eigenvalue weighted by atomic mass is 10.1. The van der Waals surface area contributed by atoms with Crippen LogP contribution >= 0.6 is 11.6 Å². The van der Waals surface area contributed by atoms with Gasteiger partial charge < -0.3 is 10.2 Å². The van der Waals surface area contributed by atoms with Crippen LogP contribution in [0.1, 0.15) is 19.4 Å². The summed E-state index contributed by atoms with van der Waals surface area (Å²) in [6.45, 7) is 9.87. The Hall–Kier alpha value is -0.730. The van der Waals surface area contributed by atoms with Gasteiger partial charge in [0.05, 0.1) is 0 Å². The van der Waals surface area contributed by atoms with Gasteiger partial charge in [0.25, 0.3) is 0 Å². The first-order valence-electron chi connectivity index (χ1n) is 6.31. The molecular formula is C14H21ClN2. The van der Waals surface area contributed by atoms with E-state index >= 15 is 0 Å². The fraction of sp³-hybridized carbons (Fsp3) is 0.571. The van der Waals surface area contributed by atoms with Crippen molar-refractivity contribution in [3.63, 3.8) is 0 Å². The summed E-state index contributed by atoms with van der Waals surface area (Å²) < 4.78 is 0. The van der Waals surface area contributed by atoms with Gasteiger partial charge in [0.1, 0.15) is 0 Å². The number of hydrogen-bond acceptors (Lipinski definition) is 2. The van der Waals surface area contributed by atoms with Crippen molar-refractivity contribution in [3.8, 4) is 0 Å². The molecule has 1 aromatic carbocycles. The minimum atomic E-state index is 0.526. The molecule has 1 N–H and O–H groups in total. The highest BCUT2D eigenvalue weighted by molar-refractivity contribution is 6.31. The maximum absolute atomic E-state index is 6.20. The number of anilines is 1. The van der Waals surface area contributed by atoms with Crippen molar-refractivity contribution in [2.75, 3.05) is 24.5 Å². The first-order chi connectivity index (χ1) is 8.08. The molecule has 3 heteroatoms. The second-order valence-corrected chi connectivity index (χ2v) is 5.61. The predicted molar refractivity (Wildman–Crippen MR) is 75.0 cm³/mol. The van der Waals surface area contributed by atoms with Crippen LogP contribution in [-0.2, 0) is 0 Å². The van der Waals surface area contributed by atoms with E-state index in [0.29, 0.717) is 12.0 Å². The first kappa shape index (κ1) is 12.7. The minimum Gasteiger partial charge on any atom is -0.369 e. The molecule has 94 valence electrons. The molecule has 0 bridgehead atoms.